The molecule has 0 aliphatic heterocycles. The first-order chi connectivity index (χ1) is 12.7. The monoisotopic (exact) mass is 344 g/mol. The Kier molecular flexibility index (Phi) is 5.49. The van der Waals surface area contributed by atoms with Crippen LogP contribution in [-0.4, -0.2) is 20.5 Å². The predicted molar refractivity (Wildman–Crippen MR) is 105 cm³/mol. The van der Waals surface area contributed by atoms with Gasteiger partial charge in [-0.3, -0.25) is 4.79 Å². The molecule has 0 aliphatic carbocycles. The van der Waals surface area contributed by atoms with Crippen LogP contribution in [0.4, 0.5) is 0 Å². The Morgan fingerprint density at radius 2 is 1.08 bits per heavy atom. The van der Waals surface area contributed by atoms with Gasteiger partial charge < -0.3 is 9.47 Å². The van der Waals surface area contributed by atoms with Gasteiger partial charge in [0, 0.05) is 5.56 Å². The highest BCUT2D eigenvalue weighted by atomic mass is 16.5. The minimum atomic E-state index is 0.664. The van der Waals surface area contributed by atoms with Crippen molar-refractivity contribution in [2.75, 3.05) is 14.2 Å². The van der Waals surface area contributed by atoms with Crippen molar-refractivity contribution in [3.05, 3.63) is 95.1 Å². The molecule has 3 aromatic rings. The van der Waals surface area contributed by atoms with Crippen LogP contribution >= 0.6 is 0 Å². The molecule has 3 aromatic carbocycles. The van der Waals surface area contributed by atoms with E-state index in [1.807, 2.05) is 72.8 Å². The summed E-state index contributed by atoms with van der Waals surface area (Å²) in [5.41, 5.74) is 4.93. The molecule has 3 nitrogen and oxygen atoms in total. The SMILES string of the molecule is COc1ccc(C(=Cc2ccc(C=O)cc2)c2ccc(OC)cc2)cc1. The van der Waals surface area contributed by atoms with E-state index < -0.39 is 0 Å². The fraction of sp³-hybridized carbons (Fsp3) is 0.0870. The van der Waals surface area contributed by atoms with E-state index in [2.05, 4.69) is 6.08 Å². The molecular weight excluding hydrogens is 324 g/mol. The molecule has 0 unspecified atom stereocenters. The van der Waals surface area contributed by atoms with Crippen LogP contribution in [0.5, 0.6) is 11.5 Å². The first kappa shape index (κ1) is 17.5. The van der Waals surface area contributed by atoms with E-state index >= 15 is 0 Å². The lowest BCUT2D eigenvalue weighted by Gasteiger charge is -2.11. The average Bonchev–Trinajstić information content (AvgIpc) is 2.73. The third-order valence-corrected chi connectivity index (χ3v) is 4.19. The summed E-state index contributed by atoms with van der Waals surface area (Å²) in [6.07, 6.45) is 2.96. The predicted octanol–water partition coefficient (Wildman–Crippen LogP) is 5.11. The van der Waals surface area contributed by atoms with Crippen LogP contribution in [0, 0.1) is 0 Å². The van der Waals surface area contributed by atoms with Crippen molar-refractivity contribution in [3.8, 4) is 11.5 Å². The van der Waals surface area contributed by atoms with Crippen molar-refractivity contribution in [1.82, 2.24) is 0 Å². The number of hydrogen-bond donors (Lipinski definition) is 0. The van der Waals surface area contributed by atoms with Crippen LogP contribution < -0.4 is 9.47 Å². The van der Waals surface area contributed by atoms with Crippen molar-refractivity contribution >= 4 is 17.9 Å². The van der Waals surface area contributed by atoms with Crippen molar-refractivity contribution in [2.24, 2.45) is 0 Å². The van der Waals surface area contributed by atoms with Crippen molar-refractivity contribution in [2.45, 2.75) is 0 Å². The summed E-state index contributed by atoms with van der Waals surface area (Å²) in [7, 11) is 3.31. The Bertz CT molecular complexity index is 840. The van der Waals surface area contributed by atoms with E-state index in [4.69, 9.17) is 9.47 Å². The van der Waals surface area contributed by atoms with Crippen molar-refractivity contribution in [1.29, 1.82) is 0 Å². The molecule has 0 aromatic heterocycles. The molecule has 0 N–H and O–H groups in total. The smallest absolute Gasteiger partial charge is 0.150 e. The van der Waals surface area contributed by atoms with Crippen LogP contribution in [0.2, 0.25) is 0 Å². The number of ether oxygens (including phenoxy) is 2. The second-order valence-electron chi connectivity index (χ2n) is 5.80. The molecule has 3 heteroatoms. The van der Waals surface area contributed by atoms with E-state index in [0.29, 0.717) is 5.56 Å². The Hall–Kier alpha value is -3.33. The molecule has 0 heterocycles. The number of rotatable bonds is 6. The van der Waals surface area contributed by atoms with Gasteiger partial charge in [0.1, 0.15) is 17.8 Å². The first-order valence-corrected chi connectivity index (χ1v) is 8.29. The third-order valence-electron chi connectivity index (χ3n) is 4.19. The van der Waals surface area contributed by atoms with Crippen LogP contribution in [0.1, 0.15) is 27.0 Å². The summed E-state index contributed by atoms with van der Waals surface area (Å²) in [5, 5.41) is 0. The lowest BCUT2D eigenvalue weighted by atomic mass is 9.95. The molecule has 0 amide bonds. The van der Waals surface area contributed by atoms with Crippen LogP contribution in [0.3, 0.4) is 0 Å². The standard InChI is InChI=1S/C23H20O3/c1-25-21-11-7-19(8-12-21)23(20-9-13-22(26-2)14-10-20)15-17-3-5-18(16-24)6-4-17/h3-16H,1-2H3. The van der Waals surface area contributed by atoms with Crippen molar-refractivity contribution in [3.63, 3.8) is 0 Å². The Labute approximate surface area is 153 Å². The summed E-state index contributed by atoms with van der Waals surface area (Å²) in [6.45, 7) is 0. The summed E-state index contributed by atoms with van der Waals surface area (Å²) in [4.78, 5) is 10.9. The lowest BCUT2D eigenvalue weighted by Crippen LogP contribution is -1.91. The topological polar surface area (TPSA) is 35.5 Å². The number of hydrogen-bond acceptors (Lipinski definition) is 3. The molecule has 0 radical (unpaired) electrons. The van der Waals surface area contributed by atoms with Gasteiger partial charge in [0.05, 0.1) is 14.2 Å². The van der Waals surface area contributed by atoms with Gasteiger partial charge >= 0.3 is 0 Å². The summed E-state index contributed by atoms with van der Waals surface area (Å²) < 4.78 is 10.5. The molecule has 0 saturated carbocycles. The van der Waals surface area contributed by atoms with Gasteiger partial charge in [-0.25, -0.2) is 0 Å². The zero-order valence-corrected chi connectivity index (χ0v) is 14.8. The summed E-state index contributed by atoms with van der Waals surface area (Å²) in [6, 6.07) is 23.5. The van der Waals surface area contributed by atoms with E-state index in [-0.39, 0.29) is 0 Å². The highest BCUT2D eigenvalue weighted by Gasteiger charge is 2.07. The van der Waals surface area contributed by atoms with Gasteiger partial charge in [-0.2, -0.15) is 0 Å². The molecule has 3 rings (SSSR count). The van der Waals surface area contributed by atoms with E-state index in [9.17, 15) is 4.79 Å². The molecule has 0 spiro atoms. The Balaban J connectivity index is 2.06. The number of benzene rings is 3. The van der Waals surface area contributed by atoms with Crippen molar-refractivity contribution < 1.29 is 14.3 Å². The maximum absolute atomic E-state index is 10.9. The largest absolute Gasteiger partial charge is 0.497 e. The molecule has 0 atom stereocenters. The number of carbonyl (C=O) groups is 1. The fourth-order valence-corrected chi connectivity index (χ4v) is 2.71. The van der Waals surface area contributed by atoms with Crippen LogP contribution in [-0.2, 0) is 0 Å². The van der Waals surface area contributed by atoms with E-state index in [0.717, 1.165) is 40.0 Å². The number of methoxy groups -OCH3 is 2. The van der Waals surface area contributed by atoms with Gasteiger partial charge in [0.15, 0.2) is 0 Å². The van der Waals surface area contributed by atoms with E-state index in [1.54, 1.807) is 14.2 Å². The highest BCUT2D eigenvalue weighted by Crippen LogP contribution is 2.29. The maximum Gasteiger partial charge on any atom is 0.150 e. The summed E-state index contributed by atoms with van der Waals surface area (Å²) >= 11 is 0. The average molecular weight is 344 g/mol. The molecule has 0 saturated heterocycles. The number of carbonyl (C=O) groups excluding carboxylic acids is 1. The maximum atomic E-state index is 10.9. The second kappa shape index (κ2) is 8.17. The van der Waals surface area contributed by atoms with E-state index in [1.165, 1.54) is 0 Å². The summed E-state index contributed by atoms with van der Waals surface area (Å²) in [5.74, 6) is 1.64. The van der Waals surface area contributed by atoms with Gasteiger partial charge in [-0.05, 0) is 52.6 Å². The fourth-order valence-electron chi connectivity index (χ4n) is 2.71. The van der Waals surface area contributed by atoms with Gasteiger partial charge in [-0.1, -0.05) is 48.5 Å². The van der Waals surface area contributed by atoms with Crippen LogP contribution in [0.15, 0.2) is 72.8 Å². The molecular formula is C23H20O3. The quantitative estimate of drug-likeness (QED) is 0.461. The first-order valence-electron chi connectivity index (χ1n) is 8.29. The van der Waals surface area contributed by atoms with Gasteiger partial charge in [0.25, 0.3) is 0 Å². The Morgan fingerprint density at radius 1 is 0.654 bits per heavy atom. The molecule has 0 bridgehead atoms. The zero-order valence-electron chi connectivity index (χ0n) is 14.8. The molecule has 26 heavy (non-hydrogen) atoms. The minimum Gasteiger partial charge on any atom is -0.497 e. The third kappa shape index (κ3) is 4.01. The molecule has 0 fully saturated rings. The highest BCUT2D eigenvalue weighted by molar-refractivity contribution is 5.92. The lowest BCUT2D eigenvalue weighted by molar-refractivity contribution is 0.112. The number of aldehydes is 1. The second-order valence-corrected chi connectivity index (χ2v) is 5.80. The zero-order chi connectivity index (χ0) is 18.4. The van der Waals surface area contributed by atoms with Crippen LogP contribution in [0.25, 0.3) is 11.6 Å². The molecule has 130 valence electrons. The van der Waals surface area contributed by atoms with Gasteiger partial charge in [-0.15, -0.1) is 0 Å². The van der Waals surface area contributed by atoms with Gasteiger partial charge in [0.2, 0.25) is 0 Å². The Morgan fingerprint density at radius 3 is 1.46 bits per heavy atom. The minimum absolute atomic E-state index is 0.664. The molecule has 0 aliphatic rings. The normalized spacial score (nSPS) is 10.1.